The summed E-state index contributed by atoms with van der Waals surface area (Å²) in [6.45, 7) is 12.3. The van der Waals surface area contributed by atoms with Gasteiger partial charge in [-0.05, 0) is 98.7 Å². The third-order valence-electron chi connectivity index (χ3n) is 6.84. The van der Waals surface area contributed by atoms with E-state index in [0.717, 1.165) is 37.6 Å². The zero-order valence-corrected chi connectivity index (χ0v) is 27.9. The molecule has 0 spiro atoms. The van der Waals surface area contributed by atoms with Crippen LogP contribution in [-0.4, -0.2) is 24.5 Å². The summed E-state index contributed by atoms with van der Waals surface area (Å²) < 4.78 is 1.62. The molecule has 11 heteroatoms. The van der Waals surface area contributed by atoms with Crippen LogP contribution in [0.15, 0.2) is 99.9 Å². The lowest BCUT2D eigenvalue weighted by molar-refractivity contribution is 0.633. The van der Waals surface area contributed by atoms with Crippen LogP contribution in [0.3, 0.4) is 0 Å². The molecule has 0 saturated carbocycles. The van der Waals surface area contributed by atoms with Gasteiger partial charge in [-0.3, -0.25) is 29.1 Å². The summed E-state index contributed by atoms with van der Waals surface area (Å²) >= 11 is 2.88. The van der Waals surface area contributed by atoms with Crippen molar-refractivity contribution in [1.82, 2.24) is 24.5 Å². The predicted octanol–water partition coefficient (Wildman–Crippen LogP) is 5.70. The normalized spacial score (nSPS) is 10.8. The molecule has 0 bridgehead atoms. The zero-order valence-electron chi connectivity index (χ0n) is 26.2. The van der Waals surface area contributed by atoms with Crippen LogP contribution < -0.4 is 22.5 Å². The van der Waals surface area contributed by atoms with Crippen molar-refractivity contribution < 1.29 is 0 Å². The second-order valence-electron chi connectivity index (χ2n) is 10.8. The van der Waals surface area contributed by atoms with Crippen LogP contribution >= 0.6 is 23.5 Å². The molecule has 0 radical (unpaired) electrons. The van der Waals surface area contributed by atoms with Crippen molar-refractivity contribution in [2.75, 3.05) is 0 Å². The third kappa shape index (κ3) is 8.86. The van der Waals surface area contributed by atoms with Crippen molar-refractivity contribution >= 4 is 23.5 Å². The van der Waals surface area contributed by atoms with E-state index in [9.17, 15) is 19.2 Å². The van der Waals surface area contributed by atoms with Crippen molar-refractivity contribution in [2.45, 2.75) is 80.8 Å². The number of nitrogens with zero attached hydrogens (tertiary/aromatic N) is 2. The minimum Gasteiger partial charge on any atom is -0.301 e. The molecular weight excluding hydrogens is 607 g/mol. The first-order valence-corrected chi connectivity index (χ1v) is 16.2. The maximum absolute atomic E-state index is 12.5. The molecule has 0 aliphatic rings. The fourth-order valence-electron chi connectivity index (χ4n) is 4.95. The van der Waals surface area contributed by atoms with Crippen molar-refractivity contribution in [2.24, 2.45) is 0 Å². The van der Waals surface area contributed by atoms with Gasteiger partial charge in [0.1, 0.15) is 0 Å². The first kappa shape index (κ1) is 33.5. The van der Waals surface area contributed by atoms with Crippen molar-refractivity contribution in [1.29, 1.82) is 0 Å². The fraction of sp³-hybridized carbons (Fsp3) is 0.265. The van der Waals surface area contributed by atoms with E-state index in [1.165, 1.54) is 23.5 Å². The molecule has 0 unspecified atom stereocenters. The number of nitrogens with one attached hydrogen (secondary N) is 3. The van der Waals surface area contributed by atoms with Gasteiger partial charge >= 0.3 is 11.4 Å². The molecule has 0 fully saturated rings. The second kappa shape index (κ2) is 15.1. The first-order valence-electron chi connectivity index (χ1n) is 14.6. The second-order valence-corrected chi connectivity index (χ2v) is 12.9. The van der Waals surface area contributed by atoms with Gasteiger partial charge in [-0.25, -0.2) is 9.59 Å². The number of benzene rings is 2. The minimum atomic E-state index is -0.464. The Balaban J connectivity index is 0.000000215. The van der Waals surface area contributed by atoms with Crippen molar-refractivity contribution in [3.63, 3.8) is 0 Å². The maximum Gasteiger partial charge on any atom is 0.329 e. The SMILES string of the molecule is CCc1c(Sc2cc(C)cc(C)c2)[nH]c(=O)[nH]c1=O.CCc1c(Sc2cc(C)cc(C)c2)n(Cc2cccnc2)c(=O)[nH]c1=O. The largest absolute Gasteiger partial charge is 0.329 e. The molecule has 5 rings (SSSR count). The molecule has 0 amide bonds. The van der Waals surface area contributed by atoms with Gasteiger partial charge in [-0.15, -0.1) is 0 Å². The van der Waals surface area contributed by atoms with Gasteiger partial charge in [0.2, 0.25) is 0 Å². The van der Waals surface area contributed by atoms with Crippen LogP contribution in [0.2, 0.25) is 0 Å². The Morgan fingerprint density at radius 1 is 0.711 bits per heavy atom. The average molecular weight is 644 g/mol. The molecule has 0 atom stereocenters. The summed E-state index contributed by atoms with van der Waals surface area (Å²) in [4.78, 5) is 61.5. The Labute approximate surface area is 269 Å². The highest BCUT2D eigenvalue weighted by atomic mass is 32.2. The molecular formula is C34H37N5O4S2. The van der Waals surface area contributed by atoms with E-state index in [-0.39, 0.29) is 11.1 Å². The molecule has 234 valence electrons. The Morgan fingerprint density at radius 2 is 1.27 bits per heavy atom. The van der Waals surface area contributed by atoms with E-state index >= 15 is 0 Å². The van der Waals surface area contributed by atoms with Gasteiger partial charge in [0.15, 0.2) is 0 Å². The number of aryl methyl sites for hydroxylation is 4. The van der Waals surface area contributed by atoms with Crippen LogP contribution in [0.4, 0.5) is 0 Å². The van der Waals surface area contributed by atoms with Gasteiger partial charge in [-0.2, -0.15) is 0 Å². The molecule has 2 aromatic carbocycles. The number of hydrogen-bond acceptors (Lipinski definition) is 7. The number of aromatic nitrogens is 5. The quantitative estimate of drug-likeness (QED) is 0.185. The molecule has 3 heterocycles. The van der Waals surface area contributed by atoms with Crippen molar-refractivity contribution in [3.05, 3.63) is 142 Å². The smallest absolute Gasteiger partial charge is 0.301 e. The topological polar surface area (TPSA) is 133 Å². The Hall–Kier alpha value is -4.35. The number of H-pyrrole nitrogens is 3. The average Bonchev–Trinajstić information content (AvgIpc) is 2.95. The van der Waals surface area contributed by atoms with Crippen LogP contribution in [0.5, 0.6) is 0 Å². The summed E-state index contributed by atoms with van der Waals surface area (Å²) in [5.41, 5.74) is 5.28. The molecule has 45 heavy (non-hydrogen) atoms. The van der Waals surface area contributed by atoms with Gasteiger partial charge in [0, 0.05) is 33.3 Å². The van der Waals surface area contributed by atoms with E-state index in [2.05, 4.69) is 44.2 Å². The van der Waals surface area contributed by atoms with Crippen molar-refractivity contribution in [3.8, 4) is 0 Å². The zero-order chi connectivity index (χ0) is 32.7. The van der Waals surface area contributed by atoms with Gasteiger partial charge in [0.05, 0.1) is 16.6 Å². The lowest BCUT2D eigenvalue weighted by Gasteiger charge is -2.15. The summed E-state index contributed by atoms with van der Waals surface area (Å²) in [6, 6.07) is 16.2. The van der Waals surface area contributed by atoms with Crippen LogP contribution in [0.25, 0.3) is 0 Å². The molecule has 0 aliphatic heterocycles. The fourth-order valence-corrected chi connectivity index (χ4v) is 7.51. The Kier molecular flexibility index (Phi) is 11.2. The van der Waals surface area contributed by atoms with Gasteiger partial charge in [0.25, 0.3) is 11.1 Å². The van der Waals surface area contributed by atoms with E-state index in [1.54, 1.807) is 17.0 Å². The Morgan fingerprint density at radius 3 is 1.80 bits per heavy atom. The Bertz CT molecular complexity index is 2010. The van der Waals surface area contributed by atoms with Gasteiger partial charge in [-0.1, -0.05) is 55.6 Å². The molecule has 3 aromatic heterocycles. The summed E-state index contributed by atoms with van der Waals surface area (Å²) in [5.74, 6) is 0. The molecule has 9 nitrogen and oxygen atoms in total. The van der Waals surface area contributed by atoms with E-state index in [4.69, 9.17) is 0 Å². The highest BCUT2D eigenvalue weighted by molar-refractivity contribution is 7.99. The third-order valence-corrected chi connectivity index (χ3v) is 9.00. The van der Waals surface area contributed by atoms with E-state index < -0.39 is 11.4 Å². The maximum atomic E-state index is 12.5. The summed E-state index contributed by atoms with van der Waals surface area (Å²) in [7, 11) is 0. The molecule has 0 saturated heterocycles. The molecule has 0 aliphatic carbocycles. The number of pyridine rings is 1. The highest BCUT2D eigenvalue weighted by Gasteiger charge is 2.16. The first-order chi connectivity index (χ1) is 21.5. The number of aromatic amines is 3. The lowest BCUT2D eigenvalue weighted by Crippen LogP contribution is -2.34. The predicted molar refractivity (Wildman–Crippen MR) is 181 cm³/mol. The standard InChI is InChI=1S/C20H21N3O2S.C14H16N2O2S/c1-4-17-18(24)22-20(25)23(12-15-6-5-7-21-11-15)19(17)26-16-9-13(2)8-14(3)10-16;1-4-11-12(17)15-14(18)16-13(11)19-10-6-8(2)5-9(3)7-10/h5-11H,4,12H2,1-3H3,(H,22,24,25);5-7H,4H2,1-3H3,(H2,15,16,17,18). The summed E-state index contributed by atoms with van der Waals surface area (Å²) in [5, 5.41) is 1.32. The lowest BCUT2D eigenvalue weighted by atomic mass is 10.2. The van der Waals surface area contributed by atoms with E-state index in [0.29, 0.717) is 40.6 Å². The monoisotopic (exact) mass is 643 g/mol. The highest BCUT2D eigenvalue weighted by Crippen LogP contribution is 2.31. The molecule has 5 aromatic rings. The summed E-state index contributed by atoms with van der Waals surface area (Å²) in [6.07, 6.45) is 4.56. The van der Waals surface area contributed by atoms with Gasteiger partial charge < -0.3 is 4.98 Å². The van der Waals surface area contributed by atoms with Crippen LogP contribution in [-0.2, 0) is 19.4 Å². The number of hydrogen-bond donors (Lipinski definition) is 3. The van der Waals surface area contributed by atoms with E-state index in [1.807, 2.05) is 65.8 Å². The van der Waals surface area contributed by atoms with Crippen LogP contribution in [0.1, 0.15) is 52.8 Å². The van der Waals surface area contributed by atoms with Crippen LogP contribution in [0, 0.1) is 27.7 Å². The minimum absolute atomic E-state index is 0.307. The molecule has 3 N–H and O–H groups in total. The number of rotatable bonds is 8.